The van der Waals surface area contributed by atoms with Crippen LogP contribution in [0, 0.1) is 0 Å². The molecule has 2 nitrogen and oxygen atoms in total. The minimum absolute atomic E-state index is 0.963. The van der Waals surface area contributed by atoms with Crippen molar-refractivity contribution in [2.75, 3.05) is 0 Å². The van der Waals surface area contributed by atoms with Crippen LogP contribution in [0.4, 0.5) is 0 Å². The van der Waals surface area contributed by atoms with Crippen molar-refractivity contribution in [3.05, 3.63) is 12.4 Å². The summed E-state index contributed by atoms with van der Waals surface area (Å²) in [5, 5.41) is 0. The fourth-order valence-corrected chi connectivity index (χ4v) is 0.216. The van der Waals surface area contributed by atoms with Crippen molar-refractivity contribution >= 4 is 6.21 Å². The van der Waals surface area contributed by atoms with Crippen LogP contribution in [0.25, 0.3) is 0 Å². The third-order valence-corrected chi connectivity index (χ3v) is 0.460. The first-order valence-electron chi connectivity index (χ1n) is 3.30. The van der Waals surface area contributed by atoms with Crippen LogP contribution in [0.1, 0.15) is 27.2 Å². The summed E-state index contributed by atoms with van der Waals surface area (Å²) in [6.07, 6.45) is 5.73. The van der Waals surface area contributed by atoms with Crippen molar-refractivity contribution in [2.45, 2.75) is 27.2 Å². The molecule has 0 bridgehead atoms. The van der Waals surface area contributed by atoms with Crippen molar-refractivity contribution < 1.29 is 0 Å². The van der Waals surface area contributed by atoms with Gasteiger partial charge in [0.2, 0.25) is 0 Å². The first kappa shape index (κ1) is 11.1. The third-order valence-electron chi connectivity index (χ3n) is 0.460. The predicted octanol–water partition coefficient (Wildman–Crippen LogP) is 1.92. The minimum Gasteiger partial charge on any atom is -0.403 e. The van der Waals surface area contributed by atoms with E-state index < -0.39 is 0 Å². The molecule has 0 fully saturated rings. The average molecular weight is 128 g/mol. The van der Waals surface area contributed by atoms with Gasteiger partial charge in [0.1, 0.15) is 0 Å². The van der Waals surface area contributed by atoms with Crippen LogP contribution in [-0.2, 0) is 0 Å². The molecule has 2 N–H and O–H groups in total. The number of hydrogen-bond acceptors (Lipinski definition) is 2. The molecule has 0 aromatic heterocycles. The lowest BCUT2D eigenvalue weighted by Gasteiger charge is -1.71. The van der Waals surface area contributed by atoms with Crippen LogP contribution in [0.3, 0.4) is 0 Å². The van der Waals surface area contributed by atoms with Crippen LogP contribution >= 0.6 is 0 Å². The maximum absolute atomic E-state index is 4.97. The second-order valence-corrected chi connectivity index (χ2v) is 1.08. The Bertz CT molecular complexity index is 75.0. The van der Waals surface area contributed by atoms with E-state index in [1.54, 1.807) is 12.4 Å². The molecule has 0 unspecified atom stereocenters. The topological polar surface area (TPSA) is 38.4 Å². The highest BCUT2D eigenvalue weighted by Crippen LogP contribution is 1.69. The van der Waals surface area contributed by atoms with E-state index in [0.717, 1.165) is 6.42 Å². The Morgan fingerprint density at radius 3 is 2.33 bits per heavy atom. The number of aliphatic imine (C=N–C) groups is 1. The SMILES string of the molecule is CC.CCC=N/C=C\N. The van der Waals surface area contributed by atoms with Crippen LogP contribution in [0.5, 0.6) is 0 Å². The second-order valence-electron chi connectivity index (χ2n) is 1.08. The van der Waals surface area contributed by atoms with E-state index in [0.29, 0.717) is 0 Å². The molecule has 0 aliphatic heterocycles. The molecule has 0 radical (unpaired) electrons. The highest BCUT2D eigenvalue weighted by atomic mass is 14.7. The summed E-state index contributed by atoms with van der Waals surface area (Å²) in [6, 6.07) is 0. The lowest BCUT2D eigenvalue weighted by molar-refractivity contribution is 1.31. The smallest absolute Gasteiger partial charge is 0.0418 e. The summed E-state index contributed by atoms with van der Waals surface area (Å²) < 4.78 is 0. The molecule has 54 valence electrons. The zero-order chi connectivity index (χ0) is 7.54. The first-order valence-corrected chi connectivity index (χ1v) is 3.30. The van der Waals surface area contributed by atoms with Gasteiger partial charge in [-0.25, -0.2) is 0 Å². The van der Waals surface area contributed by atoms with Gasteiger partial charge in [-0.15, -0.1) is 0 Å². The molecule has 0 amide bonds. The van der Waals surface area contributed by atoms with Crippen LogP contribution in [0.15, 0.2) is 17.4 Å². The van der Waals surface area contributed by atoms with E-state index in [1.165, 1.54) is 6.20 Å². The molecule has 0 aliphatic carbocycles. The molecule has 0 rings (SSSR count). The van der Waals surface area contributed by atoms with Crippen LogP contribution < -0.4 is 5.73 Å². The normalized spacial score (nSPS) is 9.67. The summed E-state index contributed by atoms with van der Waals surface area (Å²) in [5.41, 5.74) is 4.97. The summed E-state index contributed by atoms with van der Waals surface area (Å²) in [6.45, 7) is 6.02. The zero-order valence-corrected chi connectivity index (χ0v) is 6.46. The fourth-order valence-electron chi connectivity index (χ4n) is 0.216. The van der Waals surface area contributed by atoms with Gasteiger partial charge in [-0.3, -0.25) is 4.99 Å². The number of hydrogen-bond donors (Lipinski definition) is 1. The first-order chi connectivity index (χ1) is 4.41. The Kier molecular flexibility index (Phi) is 19.3. The molecule has 0 atom stereocenters. The maximum Gasteiger partial charge on any atom is 0.0418 e. The molecule has 9 heavy (non-hydrogen) atoms. The van der Waals surface area contributed by atoms with Gasteiger partial charge < -0.3 is 5.73 Å². The lowest BCUT2D eigenvalue weighted by Crippen LogP contribution is -1.73. The van der Waals surface area contributed by atoms with Crippen molar-refractivity contribution in [1.82, 2.24) is 0 Å². The molecule has 0 aromatic carbocycles. The molecular weight excluding hydrogens is 112 g/mol. The van der Waals surface area contributed by atoms with Crippen LogP contribution in [-0.4, -0.2) is 6.21 Å². The van der Waals surface area contributed by atoms with Crippen molar-refractivity contribution in [3.63, 3.8) is 0 Å². The summed E-state index contributed by atoms with van der Waals surface area (Å²) in [7, 11) is 0. The zero-order valence-electron chi connectivity index (χ0n) is 6.46. The van der Waals surface area contributed by atoms with Gasteiger partial charge >= 0.3 is 0 Å². The maximum atomic E-state index is 4.97. The van der Waals surface area contributed by atoms with Gasteiger partial charge in [0.25, 0.3) is 0 Å². The standard InChI is InChI=1S/C5H10N2.C2H6/c1-2-4-7-5-3-6;1-2/h3-5H,2,6H2,1H3;1-2H3/b5-3-,7-4?;. The second kappa shape index (κ2) is 15.7. The highest BCUT2D eigenvalue weighted by Gasteiger charge is 1.58. The molecule has 0 spiro atoms. The number of nitrogens with two attached hydrogens (primary N) is 1. The van der Waals surface area contributed by atoms with Crippen molar-refractivity contribution in [1.29, 1.82) is 0 Å². The van der Waals surface area contributed by atoms with E-state index in [-0.39, 0.29) is 0 Å². The van der Waals surface area contributed by atoms with E-state index in [9.17, 15) is 0 Å². The molecule has 0 aliphatic rings. The summed E-state index contributed by atoms with van der Waals surface area (Å²) in [4.78, 5) is 3.78. The molecule has 2 heteroatoms. The van der Waals surface area contributed by atoms with Gasteiger partial charge in [0.05, 0.1) is 0 Å². The Morgan fingerprint density at radius 1 is 1.44 bits per heavy atom. The molecule has 0 aromatic rings. The van der Waals surface area contributed by atoms with Gasteiger partial charge in [-0.2, -0.15) is 0 Å². The highest BCUT2D eigenvalue weighted by molar-refractivity contribution is 5.57. The van der Waals surface area contributed by atoms with Crippen molar-refractivity contribution in [3.8, 4) is 0 Å². The average Bonchev–Trinajstić information content (AvgIpc) is 1.94. The fraction of sp³-hybridized carbons (Fsp3) is 0.571. The van der Waals surface area contributed by atoms with Crippen molar-refractivity contribution in [2.24, 2.45) is 10.7 Å². The van der Waals surface area contributed by atoms with Gasteiger partial charge in [0, 0.05) is 18.6 Å². The van der Waals surface area contributed by atoms with Gasteiger partial charge in [-0.05, 0) is 6.42 Å². The summed E-state index contributed by atoms with van der Waals surface area (Å²) in [5.74, 6) is 0. The number of rotatable bonds is 2. The molecular formula is C7H16N2. The van der Waals surface area contributed by atoms with Gasteiger partial charge in [-0.1, -0.05) is 20.8 Å². The van der Waals surface area contributed by atoms with Crippen LogP contribution in [0.2, 0.25) is 0 Å². The molecule has 0 saturated carbocycles. The monoisotopic (exact) mass is 128 g/mol. The Morgan fingerprint density at radius 2 is 2.00 bits per heavy atom. The third kappa shape index (κ3) is 19.0. The molecule has 0 heterocycles. The van der Waals surface area contributed by atoms with E-state index in [2.05, 4.69) is 4.99 Å². The quantitative estimate of drug-likeness (QED) is 0.567. The van der Waals surface area contributed by atoms with Gasteiger partial charge in [0.15, 0.2) is 0 Å². The van der Waals surface area contributed by atoms with E-state index >= 15 is 0 Å². The minimum atomic E-state index is 0.963. The largest absolute Gasteiger partial charge is 0.403 e. The predicted molar refractivity (Wildman–Crippen MR) is 43.5 cm³/mol. The Labute approximate surface area is 57.5 Å². The Balaban J connectivity index is 0. The number of nitrogens with zero attached hydrogens (tertiary/aromatic N) is 1. The summed E-state index contributed by atoms with van der Waals surface area (Å²) >= 11 is 0. The molecule has 0 saturated heterocycles. The van der Waals surface area contributed by atoms with E-state index in [1.807, 2.05) is 20.8 Å². The Hall–Kier alpha value is -0.790. The van der Waals surface area contributed by atoms with E-state index in [4.69, 9.17) is 5.73 Å². The lowest BCUT2D eigenvalue weighted by atomic mass is 10.5.